The van der Waals surface area contributed by atoms with Gasteiger partial charge in [0.05, 0.1) is 7.56 Å². The van der Waals surface area contributed by atoms with Crippen LogP contribution in [0.15, 0.2) is 0 Å². The summed E-state index contributed by atoms with van der Waals surface area (Å²) in [6.45, 7) is 4.36. The quantitative estimate of drug-likeness (QED) is 0.603. The minimum absolute atomic E-state index is 0.146. The van der Waals surface area contributed by atoms with Gasteiger partial charge in [-0.1, -0.05) is 54.7 Å². The average molecular weight is 307 g/mol. The molecule has 1 aliphatic carbocycles. The van der Waals surface area contributed by atoms with Gasteiger partial charge in [-0.25, -0.2) is 0 Å². The van der Waals surface area contributed by atoms with E-state index in [0.29, 0.717) is 5.92 Å². The van der Waals surface area contributed by atoms with Crippen LogP contribution in [-0.4, -0.2) is 7.56 Å². The number of hydrogen-bond donors (Lipinski definition) is 0. The summed E-state index contributed by atoms with van der Waals surface area (Å²) < 4.78 is 0.396. The summed E-state index contributed by atoms with van der Waals surface area (Å²) in [6, 6.07) is 0. The highest BCUT2D eigenvalue weighted by molar-refractivity contribution is 9.26. The second-order valence-corrected chi connectivity index (χ2v) is 7.63. The van der Waals surface area contributed by atoms with Crippen LogP contribution in [-0.2, 0) is 0 Å². The molecule has 0 radical (unpaired) electrons. The average Bonchev–Trinajstić information content (AvgIpc) is 1.88. The molecular weight excluding hydrogens is 300 g/mol. The fourth-order valence-corrected chi connectivity index (χ4v) is 3.26. The SMILES string of the molecule is C[C@H]1C(C)(Br)C1(Br)Br. The van der Waals surface area contributed by atoms with Gasteiger partial charge in [-0.05, 0) is 12.8 Å². The molecule has 8 heavy (non-hydrogen) atoms. The summed E-state index contributed by atoms with van der Waals surface area (Å²) >= 11 is 10.7. The molecule has 0 aromatic carbocycles. The Morgan fingerprint density at radius 2 is 1.38 bits per heavy atom. The molecule has 1 saturated carbocycles. The summed E-state index contributed by atoms with van der Waals surface area (Å²) in [5, 5.41) is 0. The van der Waals surface area contributed by atoms with Gasteiger partial charge in [0.15, 0.2) is 0 Å². The maximum atomic E-state index is 3.58. The lowest BCUT2D eigenvalue weighted by molar-refractivity contribution is 0.891. The Hall–Kier alpha value is 1.44. The molecule has 0 bridgehead atoms. The monoisotopic (exact) mass is 304 g/mol. The third-order valence-corrected chi connectivity index (χ3v) is 7.32. The first-order chi connectivity index (χ1) is 3.40. The zero-order valence-corrected chi connectivity index (χ0v) is 9.47. The van der Waals surface area contributed by atoms with Crippen molar-refractivity contribution in [2.75, 3.05) is 0 Å². The van der Waals surface area contributed by atoms with E-state index in [9.17, 15) is 0 Å². The van der Waals surface area contributed by atoms with Gasteiger partial charge in [0.2, 0.25) is 0 Å². The molecule has 0 aliphatic heterocycles. The lowest BCUT2D eigenvalue weighted by Gasteiger charge is -1.97. The van der Waals surface area contributed by atoms with Crippen LogP contribution in [0.25, 0.3) is 0 Å². The lowest BCUT2D eigenvalue weighted by atomic mass is 10.4. The van der Waals surface area contributed by atoms with Gasteiger partial charge in [0.1, 0.15) is 0 Å². The van der Waals surface area contributed by atoms with E-state index in [1.54, 1.807) is 0 Å². The molecule has 1 aliphatic rings. The number of alkyl halides is 3. The van der Waals surface area contributed by atoms with E-state index >= 15 is 0 Å². The van der Waals surface area contributed by atoms with Gasteiger partial charge in [0.25, 0.3) is 0 Å². The van der Waals surface area contributed by atoms with Crippen LogP contribution >= 0.6 is 47.8 Å². The number of halogens is 3. The van der Waals surface area contributed by atoms with Crippen LogP contribution in [0.5, 0.6) is 0 Å². The molecule has 0 nitrogen and oxygen atoms in total. The first kappa shape index (κ1) is 7.55. The van der Waals surface area contributed by atoms with E-state index < -0.39 is 0 Å². The van der Waals surface area contributed by atoms with Crippen LogP contribution in [0, 0.1) is 5.92 Å². The molecule has 1 unspecified atom stereocenters. The maximum absolute atomic E-state index is 3.58. The van der Waals surface area contributed by atoms with Crippen molar-refractivity contribution in [2.45, 2.75) is 21.4 Å². The van der Waals surface area contributed by atoms with Crippen molar-refractivity contribution in [3.05, 3.63) is 0 Å². The first-order valence-electron chi connectivity index (χ1n) is 2.47. The smallest absolute Gasteiger partial charge is 0.0828 e. The van der Waals surface area contributed by atoms with Crippen molar-refractivity contribution in [3.63, 3.8) is 0 Å². The predicted octanol–water partition coefficient (Wildman–Crippen LogP) is 3.28. The Labute approximate surface area is 74.8 Å². The van der Waals surface area contributed by atoms with Crippen molar-refractivity contribution in [1.29, 1.82) is 0 Å². The number of hydrogen-bond acceptors (Lipinski definition) is 0. The van der Waals surface area contributed by atoms with Crippen molar-refractivity contribution in [2.24, 2.45) is 5.92 Å². The Bertz CT molecular complexity index is 103. The highest BCUT2D eigenvalue weighted by Crippen LogP contribution is 2.69. The summed E-state index contributed by atoms with van der Waals surface area (Å²) in [5.41, 5.74) is 0. The van der Waals surface area contributed by atoms with Crippen molar-refractivity contribution >= 4 is 47.8 Å². The molecular formula is C5H7Br3. The van der Waals surface area contributed by atoms with E-state index in [2.05, 4.69) is 61.6 Å². The van der Waals surface area contributed by atoms with Crippen molar-refractivity contribution in [1.82, 2.24) is 0 Å². The second-order valence-electron chi connectivity index (χ2n) is 2.42. The molecule has 1 rings (SSSR count). The van der Waals surface area contributed by atoms with E-state index in [1.165, 1.54) is 0 Å². The highest BCUT2D eigenvalue weighted by Gasteiger charge is 2.68. The summed E-state index contributed by atoms with van der Waals surface area (Å²) in [6.07, 6.45) is 0. The molecule has 0 N–H and O–H groups in total. The molecule has 0 saturated heterocycles. The fraction of sp³-hybridized carbons (Fsp3) is 1.00. The molecule has 0 amide bonds. The van der Waals surface area contributed by atoms with Crippen LogP contribution in [0.4, 0.5) is 0 Å². The molecule has 3 heteroatoms. The molecule has 0 aromatic rings. The van der Waals surface area contributed by atoms with E-state index in [1.807, 2.05) is 0 Å². The Balaban J connectivity index is 2.72. The Kier molecular flexibility index (Phi) is 1.63. The summed E-state index contributed by atoms with van der Waals surface area (Å²) in [7, 11) is 0. The minimum atomic E-state index is 0.146. The van der Waals surface area contributed by atoms with Crippen LogP contribution in [0.2, 0.25) is 0 Å². The molecule has 0 aromatic heterocycles. The predicted molar refractivity (Wildman–Crippen MR) is 47.1 cm³/mol. The van der Waals surface area contributed by atoms with Gasteiger partial charge in [0, 0.05) is 0 Å². The molecule has 0 heterocycles. The molecule has 2 atom stereocenters. The topological polar surface area (TPSA) is 0 Å². The zero-order chi connectivity index (χ0) is 6.58. The molecule has 0 spiro atoms. The minimum Gasteiger partial charge on any atom is -0.0828 e. The fourth-order valence-electron chi connectivity index (χ4n) is 0.696. The third kappa shape index (κ3) is 0.739. The van der Waals surface area contributed by atoms with Gasteiger partial charge in [-0.2, -0.15) is 0 Å². The van der Waals surface area contributed by atoms with E-state index in [-0.39, 0.29) is 7.56 Å². The first-order valence-corrected chi connectivity index (χ1v) is 4.85. The van der Waals surface area contributed by atoms with Crippen LogP contribution in [0.1, 0.15) is 13.8 Å². The Morgan fingerprint density at radius 1 is 1.25 bits per heavy atom. The second kappa shape index (κ2) is 1.73. The molecule has 1 fully saturated rings. The van der Waals surface area contributed by atoms with E-state index in [0.717, 1.165) is 0 Å². The summed E-state index contributed by atoms with van der Waals surface area (Å²) in [4.78, 5) is 0. The lowest BCUT2D eigenvalue weighted by Crippen LogP contribution is -1.98. The van der Waals surface area contributed by atoms with Crippen molar-refractivity contribution in [3.8, 4) is 0 Å². The normalized spacial score (nSPS) is 51.4. The third-order valence-electron chi connectivity index (χ3n) is 1.93. The van der Waals surface area contributed by atoms with Gasteiger partial charge in [-0.3, -0.25) is 0 Å². The van der Waals surface area contributed by atoms with Crippen molar-refractivity contribution < 1.29 is 0 Å². The highest BCUT2D eigenvalue weighted by atomic mass is 79.9. The summed E-state index contributed by atoms with van der Waals surface area (Å²) in [5.74, 6) is 0.662. The van der Waals surface area contributed by atoms with Crippen LogP contribution < -0.4 is 0 Å². The van der Waals surface area contributed by atoms with Gasteiger partial charge >= 0.3 is 0 Å². The molecule has 48 valence electrons. The Morgan fingerprint density at radius 3 is 1.38 bits per heavy atom. The van der Waals surface area contributed by atoms with Crippen LogP contribution in [0.3, 0.4) is 0 Å². The maximum Gasteiger partial charge on any atom is 0.0997 e. The number of rotatable bonds is 0. The zero-order valence-electron chi connectivity index (χ0n) is 4.71. The standard InChI is InChI=1S/C5H7Br3/c1-3-4(2,6)5(3,7)8/h3H,1-2H3/t3-,4?/m0/s1. The largest absolute Gasteiger partial charge is 0.0997 e. The van der Waals surface area contributed by atoms with Gasteiger partial charge < -0.3 is 0 Å². The van der Waals surface area contributed by atoms with Gasteiger partial charge in [-0.15, -0.1) is 0 Å². The van der Waals surface area contributed by atoms with E-state index in [4.69, 9.17) is 0 Å².